The number of fused-ring (bicyclic) bond motifs is 1. The zero-order chi connectivity index (χ0) is 40.5. The maximum absolute atomic E-state index is 12.8. The van der Waals surface area contributed by atoms with Gasteiger partial charge in [0.15, 0.2) is 5.13 Å². The molecule has 3 aromatic carbocycles. The molecular weight excluding hydrogens is 793 g/mol. The van der Waals surface area contributed by atoms with Crippen molar-refractivity contribution in [2.45, 2.75) is 26.7 Å². The summed E-state index contributed by atoms with van der Waals surface area (Å²) in [7, 11) is 0. The van der Waals surface area contributed by atoms with Gasteiger partial charge in [-0.3, -0.25) is 14.4 Å². The van der Waals surface area contributed by atoms with E-state index in [1.807, 2.05) is 31.2 Å². The number of nitrogens with zero attached hydrogens (tertiary/aromatic N) is 3. The van der Waals surface area contributed by atoms with Crippen molar-refractivity contribution in [1.82, 2.24) is 30.6 Å². The van der Waals surface area contributed by atoms with E-state index < -0.39 is 5.97 Å². The summed E-state index contributed by atoms with van der Waals surface area (Å²) in [6, 6.07) is 17.7. The van der Waals surface area contributed by atoms with Gasteiger partial charge in [-0.25, -0.2) is 19.7 Å². The van der Waals surface area contributed by atoms with Gasteiger partial charge in [0.2, 0.25) is 11.8 Å². The predicted molar refractivity (Wildman–Crippen MR) is 221 cm³/mol. The van der Waals surface area contributed by atoms with Crippen molar-refractivity contribution in [1.29, 1.82) is 0 Å². The van der Waals surface area contributed by atoms with Crippen LogP contribution >= 0.6 is 34.5 Å². The summed E-state index contributed by atoms with van der Waals surface area (Å²) in [6.07, 6.45) is 2.94. The lowest BCUT2D eigenvalue weighted by atomic mass is 10.0. The lowest BCUT2D eigenvalue weighted by Crippen LogP contribution is -2.32. The van der Waals surface area contributed by atoms with Gasteiger partial charge >= 0.3 is 5.97 Å². The molecule has 294 valence electrons. The van der Waals surface area contributed by atoms with Gasteiger partial charge in [-0.15, -0.1) is 0 Å². The number of aromatic carboxylic acids is 1. The Hall–Kier alpha value is -6.23. The third-order valence-corrected chi connectivity index (χ3v) is 9.99. The minimum atomic E-state index is -1.03. The van der Waals surface area contributed by atoms with Crippen LogP contribution in [0.1, 0.15) is 44.3 Å². The number of ether oxygens (including phenoxy) is 1. The molecule has 6 rings (SSSR count). The first-order valence-corrected chi connectivity index (χ1v) is 19.2. The van der Waals surface area contributed by atoms with E-state index in [2.05, 4.69) is 46.5 Å². The molecule has 0 aliphatic heterocycles. The zero-order valence-electron chi connectivity index (χ0n) is 30.7. The Kier molecular flexibility index (Phi) is 13.2. The van der Waals surface area contributed by atoms with Crippen molar-refractivity contribution in [2.75, 3.05) is 42.2 Å². The second-order valence-electron chi connectivity index (χ2n) is 12.6. The Morgan fingerprint density at radius 1 is 0.877 bits per heavy atom. The Balaban J connectivity index is 0.867. The number of rotatable bonds is 17. The van der Waals surface area contributed by atoms with Crippen LogP contribution in [0.4, 0.5) is 22.5 Å². The number of hydrogen-bond acceptors (Lipinski definition) is 11. The zero-order valence-corrected chi connectivity index (χ0v) is 33.0. The summed E-state index contributed by atoms with van der Waals surface area (Å²) in [6.45, 7) is 4.73. The largest absolute Gasteiger partial charge is 0.492 e. The van der Waals surface area contributed by atoms with E-state index in [1.165, 1.54) is 12.4 Å². The number of anilines is 4. The highest BCUT2D eigenvalue weighted by Crippen LogP contribution is 2.34. The molecule has 0 bridgehead atoms. The van der Waals surface area contributed by atoms with Crippen molar-refractivity contribution >= 4 is 91.6 Å². The maximum Gasteiger partial charge on any atom is 0.337 e. The topological polar surface area (TPSA) is 212 Å². The van der Waals surface area contributed by atoms with Gasteiger partial charge in [-0.1, -0.05) is 58.8 Å². The maximum atomic E-state index is 12.8. The first-order chi connectivity index (χ1) is 27.4. The van der Waals surface area contributed by atoms with E-state index in [1.54, 1.807) is 43.3 Å². The molecule has 0 saturated carbocycles. The lowest BCUT2D eigenvalue weighted by molar-refractivity contribution is -0.126. The lowest BCUT2D eigenvalue weighted by Gasteiger charge is -2.11. The molecule has 0 aliphatic rings. The molecule has 57 heavy (non-hydrogen) atoms. The molecule has 0 atom stereocenters. The highest BCUT2D eigenvalue weighted by molar-refractivity contribution is 7.17. The van der Waals surface area contributed by atoms with Gasteiger partial charge in [-0.2, -0.15) is 0 Å². The summed E-state index contributed by atoms with van der Waals surface area (Å²) in [5, 5.41) is 26.0. The number of aryl methyl sites for hydroxylation is 2. The summed E-state index contributed by atoms with van der Waals surface area (Å²) in [5.74, 6) is 0.157. The third kappa shape index (κ3) is 10.8. The van der Waals surface area contributed by atoms with Gasteiger partial charge in [0.05, 0.1) is 34.0 Å². The summed E-state index contributed by atoms with van der Waals surface area (Å²) in [5.41, 5.74) is 3.66. The van der Waals surface area contributed by atoms with Crippen molar-refractivity contribution in [3.05, 3.63) is 105 Å². The van der Waals surface area contributed by atoms with E-state index >= 15 is 0 Å². The van der Waals surface area contributed by atoms with Gasteiger partial charge in [0, 0.05) is 54.7 Å². The van der Waals surface area contributed by atoms with E-state index in [9.17, 15) is 24.3 Å². The number of carboxylic acids is 1. The molecule has 0 spiro atoms. The molecule has 0 fully saturated rings. The summed E-state index contributed by atoms with van der Waals surface area (Å²) in [4.78, 5) is 65.4. The number of halogens is 2. The van der Waals surface area contributed by atoms with Crippen LogP contribution in [-0.2, 0) is 9.59 Å². The van der Waals surface area contributed by atoms with Crippen LogP contribution in [0.15, 0.2) is 73.1 Å². The molecule has 18 heteroatoms. The number of carbonyl (C=O) groups excluding carboxylic acids is 3. The molecule has 3 aromatic heterocycles. The predicted octanol–water partition coefficient (Wildman–Crippen LogP) is 7.20. The van der Waals surface area contributed by atoms with Gasteiger partial charge in [-0.05, 0) is 55.3 Å². The number of hydrogen-bond donors (Lipinski definition) is 7. The van der Waals surface area contributed by atoms with E-state index in [-0.39, 0.29) is 49.3 Å². The number of carbonyl (C=O) groups is 4. The van der Waals surface area contributed by atoms with E-state index in [0.717, 1.165) is 22.5 Å². The van der Waals surface area contributed by atoms with E-state index in [4.69, 9.17) is 27.9 Å². The SMILES string of the molecule is Cc1nc(NCCNC(=O)CCC(=O)NCCOc2ccc(-c3cc4c(C(=O)O)c[nH]c4cc3Cl)cc2)cc(Nc2ncc(C(=O)Nc3c(C)cccc3Cl)s2)n1. The van der Waals surface area contributed by atoms with Gasteiger partial charge < -0.3 is 41.4 Å². The van der Waals surface area contributed by atoms with Crippen LogP contribution in [0.5, 0.6) is 5.75 Å². The standard InChI is InChI=1S/C39H37Cl2N9O6S/c1-21-4-3-5-28(40)36(21)50-37(53)31-20-46-39(57-31)49-33-18-32(47-22(2)48-33)42-12-13-43-34(51)10-11-35(52)44-14-15-56-24-8-6-23(7-9-24)25-16-26-27(38(54)55)19-45-30(26)17-29(25)41/h3-9,16-20,45H,10-15H2,1-2H3,(H,43,51)(H,44,52)(H,50,53)(H,54,55)(H2,42,46,47,48,49). The highest BCUT2D eigenvalue weighted by atomic mass is 35.5. The number of aromatic nitrogens is 4. The number of H-pyrrole nitrogens is 1. The number of thiazole rings is 1. The normalized spacial score (nSPS) is 10.9. The van der Waals surface area contributed by atoms with Gasteiger partial charge in [0.25, 0.3) is 5.91 Å². The van der Waals surface area contributed by atoms with Crippen LogP contribution in [0.3, 0.4) is 0 Å². The van der Waals surface area contributed by atoms with Crippen LogP contribution in [0.25, 0.3) is 22.0 Å². The number of para-hydroxylation sites is 1. The first-order valence-electron chi connectivity index (χ1n) is 17.6. The third-order valence-electron chi connectivity index (χ3n) is 8.45. The average molecular weight is 831 g/mol. The van der Waals surface area contributed by atoms with Crippen LogP contribution in [0, 0.1) is 13.8 Å². The first kappa shape index (κ1) is 40.4. The molecule has 7 N–H and O–H groups in total. The minimum absolute atomic E-state index is 0.0176. The van der Waals surface area contributed by atoms with Crippen molar-refractivity contribution in [2.24, 2.45) is 0 Å². The molecule has 0 unspecified atom stereocenters. The Labute approximate surface area is 340 Å². The second-order valence-corrected chi connectivity index (χ2v) is 14.5. The quantitative estimate of drug-likeness (QED) is 0.0457. The molecule has 0 radical (unpaired) electrons. The molecule has 3 amide bonds. The highest BCUT2D eigenvalue weighted by Gasteiger charge is 2.16. The molecule has 0 aliphatic carbocycles. The van der Waals surface area contributed by atoms with Crippen molar-refractivity contribution in [3.8, 4) is 16.9 Å². The fourth-order valence-electron chi connectivity index (χ4n) is 5.66. The number of nitrogens with one attached hydrogen (secondary N) is 6. The molecular formula is C39H37Cl2N9O6S. The number of carboxylic acid groups (broad SMARTS) is 1. The van der Waals surface area contributed by atoms with Crippen LogP contribution in [-0.4, -0.2) is 75.0 Å². The number of benzene rings is 3. The van der Waals surface area contributed by atoms with E-state index in [0.29, 0.717) is 78.5 Å². The average Bonchev–Trinajstić information content (AvgIpc) is 3.82. The van der Waals surface area contributed by atoms with Crippen molar-refractivity contribution < 1.29 is 29.0 Å². The Bertz CT molecular complexity index is 2420. The summed E-state index contributed by atoms with van der Waals surface area (Å²) < 4.78 is 5.74. The number of amides is 3. The Morgan fingerprint density at radius 3 is 2.35 bits per heavy atom. The van der Waals surface area contributed by atoms with Crippen molar-refractivity contribution in [3.63, 3.8) is 0 Å². The monoisotopic (exact) mass is 829 g/mol. The smallest absolute Gasteiger partial charge is 0.337 e. The molecule has 6 aromatic rings. The second kappa shape index (κ2) is 18.6. The fraction of sp³-hybridized carbons (Fsp3) is 0.205. The fourth-order valence-corrected chi connectivity index (χ4v) is 6.92. The molecule has 3 heterocycles. The molecule has 0 saturated heterocycles. The van der Waals surface area contributed by atoms with Gasteiger partial charge in [0.1, 0.15) is 34.7 Å². The van der Waals surface area contributed by atoms with Crippen LogP contribution < -0.4 is 31.3 Å². The minimum Gasteiger partial charge on any atom is -0.492 e. The Morgan fingerprint density at radius 2 is 1.61 bits per heavy atom. The number of aromatic amines is 1. The van der Waals surface area contributed by atoms with Crippen LogP contribution in [0.2, 0.25) is 10.0 Å². The molecule has 15 nitrogen and oxygen atoms in total. The summed E-state index contributed by atoms with van der Waals surface area (Å²) >= 11 is 13.9.